The second kappa shape index (κ2) is 39.9. The maximum Gasteiger partial charge on any atom is 0.303 e. The molecule has 2 heterocycles. The summed E-state index contributed by atoms with van der Waals surface area (Å²) in [5, 5.41) is 109. The fourth-order valence-corrected chi connectivity index (χ4v) is 11.0. The number of fused-ring (bicyclic) bond motifs is 1. The number of carboxylic acid groups (broad SMARTS) is 1. The number of nitrogens with one attached hydrogen (secondary N) is 15. The minimum atomic E-state index is -1.97. The Morgan fingerprint density at radius 2 is 0.706 bits per heavy atom. The Morgan fingerprint density at radius 3 is 1.05 bits per heavy atom. The minimum Gasteiger partial charge on any atom is -0.508 e. The van der Waals surface area contributed by atoms with Crippen molar-refractivity contribution in [2.75, 3.05) is 32.8 Å². The van der Waals surface area contributed by atoms with Crippen LogP contribution in [0.4, 0.5) is 0 Å². The number of aromatic hydroxyl groups is 3. The van der Waals surface area contributed by atoms with Crippen molar-refractivity contribution in [1.29, 1.82) is 10.8 Å². The molecule has 0 spiro atoms. The molecule has 0 bridgehead atoms. The Kier molecular flexibility index (Phi) is 31.0. The molecule has 35 nitrogen and oxygen atoms in total. The van der Waals surface area contributed by atoms with Crippen molar-refractivity contribution in [3.05, 3.63) is 126 Å². The molecule has 0 radical (unpaired) electrons. The molecule has 4 aromatic carbocycles. The van der Waals surface area contributed by atoms with Gasteiger partial charge in [0.2, 0.25) is 59.1 Å². The third-order valence-electron chi connectivity index (χ3n) is 16.5. The number of rotatable bonds is 25. The predicted molar refractivity (Wildman–Crippen MR) is 369 cm³/mol. The summed E-state index contributed by atoms with van der Waals surface area (Å²) in [5.74, 6) is -13.9. The molecule has 1 aromatic heterocycles. The minimum absolute atomic E-state index is 0.00254. The number of amides is 10. The summed E-state index contributed by atoms with van der Waals surface area (Å²) in [5.41, 5.74) is 18.9. The van der Waals surface area contributed by atoms with E-state index in [1.54, 1.807) is 30.5 Å². The molecule has 10 atom stereocenters. The molecule has 6 rings (SSSR count). The van der Waals surface area contributed by atoms with Crippen LogP contribution >= 0.6 is 0 Å². The summed E-state index contributed by atoms with van der Waals surface area (Å²) in [4.78, 5) is 163. The number of carbonyl (C=O) groups excluding carboxylic acids is 10. The fourth-order valence-electron chi connectivity index (χ4n) is 11.0. The number of carboxylic acids is 1. The highest BCUT2D eigenvalue weighted by atomic mass is 16.4. The van der Waals surface area contributed by atoms with Crippen LogP contribution in [0, 0.1) is 10.8 Å². The first kappa shape index (κ1) is 79.4. The third-order valence-corrected chi connectivity index (χ3v) is 16.5. The number of H-pyrrole nitrogens is 1. The molecule has 102 heavy (non-hydrogen) atoms. The zero-order chi connectivity index (χ0) is 74.4. The monoisotopic (exact) mass is 1420 g/mol. The van der Waals surface area contributed by atoms with E-state index in [0.29, 0.717) is 39.6 Å². The van der Waals surface area contributed by atoms with Gasteiger partial charge in [-0.2, -0.15) is 0 Å². The highest BCUT2D eigenvalue weighted by molar-refractivity contribution is 6.00. The van der Waals surface area contributed by atoms with Crippen LogP contribution in [0.25, 0.3) is 10.9 Å². The number of hydrogen-bond acceptors (Lipinski definition) is 19. The van der Waals surface area contributed by atoms with Crippen molar-refractivity contribution < 1.29 is 83.4 Å². The molecule has 1 aliphatic heterocycles. The van der Waals surface area contributed by atoms with Gasteiger partial charge in [-0.05, 0) is 123 Å². The van der Waals surface area contributed by atoms with Gasteiger partial charge in [0.15, 0.2) is 11.9 Å². The molecule has 5 aromatic rings. The number of phenols is 3. The van der Waals surface area contributed by atoms with E-state index in [1.165, 1.54) is 72.8 Å². The Balaban J connectivity index is 1.50. The van der Waals surface area contributed by atoms with E-state index in [9.17, 15) is 73.8 Å². The van der Waals surface area contributed by atoms with E-state index in [2.05, 4.69) is 68.8 Å². The number of carbonyl (C=O) groups is 11. The zero-order valence-corrected chi connectivity index (χ0v) is 55.7. The molecule has 0 saturated carbocycles. The number of unbranched alkanes of at least 4 members (excludes halogenated alkanes) is 1. The average Bonchev–Trinajstić information content (AvgIpc) is 1.56. The van der Waals surface area contributed by atoms with Crippen LogP contribution in [0.5, 0.6) is 17.2 Å². The van der Waals surface area contributed by atoms with Crippen LogP contribution in [0.15, 0.2) is 103 Å². The van der Waals surface area contributed by atoms with E-state index < -0.39 is 163 Å². The van der Waals surface area contributed by atoms with Crippen molar-refractivity contribution in [3.63, 3.8) is 0 Å². The largest absolute Gasteiger partial charge is 0.508 e. The lowest BCUT2D eigenvalue weighted by atomic mass is 10.00. The van der Waals surface area contributed by atoms with Gasteiger partial charge >= 0.3 is 5.97 Å². The normalized spacial score (nSPS) is 22.0. The quantitative estimate of drug-likeness (QED) is 0.0150. The number of aliphatic hydroxyl groups excluding tert-OH is 2. The Labute approximate surface area is 585 Å². The van der Waals surface area contributed by atoms with Gasteiger partial charge in [-0.25, -0.2) is 0 Å². The molecule has 0 aliphatic carbocycles. The number of benzene rings is 4. The highest BCUT2D eigenvalue weighted by Gasteiger charge is 2.38. The first-order valence-corrected chi connectivity index (χ1v) is 33.0. The van der Waals surface area contributed by atoms with E-state index in [4.69, 9.17) is 28.0 Å². The van der Waals surface area contributed by atoms with E-state index in [0.717, 1.165) is 0 Å². The molecule has 10 amide bonds. The van der Waals surface area contributed by atoms with Crippen LogP contribution in [-0.2, 0) is 78.4 Å². The second-order valence-corrected chi connectivity index (χ2v) is 24.3. The number of nitrogens with two attached hydrogens (primary N) is 3. The number of aliphatic hydroxyl groups is 2. The number of para-hydroxylation sites is 1. The summed E-state index contributed by atoms with van der Waals surface area (Å²) in [6.07, 6.45) is -1.54. The van der Waals surface area contributed by atoms with Gasteiger partial charge < -0.3 is 117 Å². The third kappa shape index (κ3) is 25.6. The van der Waals surface area contributed by atoms with Crippen LogP contribution < -0.4 is 81.0 Å². The summed E-state index contributed by atoms with van der Waals surface area (Å²) in [6, 6.07) is 5.94. The van der Waals surface area contributed by atoms with Crippen LogP contribution in [-0.4, -0.2) is 206 Å². The van der Waals surface area contributed by atoms with Crippen LogP contribution in [0.3, 0.4) is 0 Å². The zero-order valence-electron chi connectivity index (χ0n) is 55.7. The lowest BCUT2D eigenvalue weighted by Gasteiger charge is -2.29. The predicted octanol–water partition coefficient (Wildman–Crippen LogP) is -4.08. The van der Waals surface area contributed by atoms with Gasteiger partial charge in [-0.3, -0.25) is 63.6 Å². The topological polar surface area (TPSA) is 595 Å². The van der Waals surface area contributed by atoms with Gasteiger partial charge in [0.05, 0.1) is 13.2 Å². The van der Waals surface area contributed by atoms with E-state index in [1.807, 2.05) is 0 Å². The summed E-state index contributed by atoms with van der Waals surface area (Å²) >= 11 is 0. The second-order valence-electron chi connectivity index (χ2n) is 24.3. The van der Waals surface area contributed by atoms with E-state index in [-0.39, 0.29) is 101 Å². The number of aromatic nitrogens is 1. The first-order chi connectivity index (χ1) is 48.7. The molecular formula is C67H90N18O17. The highest BCUT2D eigenvalue weighted by Crippen LogP contribution is 2.21. The van der Waals surface area contributed by atoms with Crippen molar-refractivity contribution in [2.45, 2.75) is 144 Å². The average molecular weight is 1420 g/mol. The molecule has 1 fully saturated rings. The van der Waals surface area contributed by atoms with Crippen LogP contribution in [0.2, 0.25) is 0 Å². The first-order valence-electron chi connectivity index (χ1n) is 33.0. The SMILES string of the molecule is N=C(N)NCCC[C@@H]1NC(=O)[C@H](CO)NC(=O)[C@H](CCCNC(=N)N)NC(=O)[C@H](Cc2ccc(O)cc2)NC(=O)[C@H](Cc2ccc(O)cc2)NC(=O)[C@H](Cc2c[nH]c3ccccc23)NC(=O)[C@H](CO)NC(=O)[C@H](CCC(=O)O)NC(=O)[C@H](Cc2ccc(O)cc2)NC(=O)[C@H](CCCCN)NC1=O. The van der Waals surface area contributed by atoms with Crippen molar-refractivity contribution in [2.24, 2.45) is 17.2 Å². The van der Waals surface area contributed by atoms with Gasteiger partial charge in [0.1, 0.15) is 77.7 Å². The maximum absolute atomic E-state index is 15.1. The fraction of sp³-hybridized carbons (Fsp3) is 0.418. The molecular weight excluding hydrogens is 1330 g/mol. The van der Waals surface area contributed by atoms with Gasteiger partial charge in [0.25, 0.3) is 0 Å². The van der Waals surface area contributed by atoms with Crippen molar-refractivity contribution in [1.82, 2.24) is 68.8 Å². The Morgan fingerprint density at radius 1 is 0.402 bits per heavy atom. The molecule has 1 saturated heterocycles. The number of aliphatic carboxylic acids is 1. The number of phenolic OH excluding ortho intramolecular Hbond substituents is 3. The molecule has 27 N–H and O–H groups in total. The van der Waals surface area contributed by atoms with Gasteiger partial charge in [0, 0.05) is 62.3 Å². The lowest BCUT2D eigenvalue weighted by Crippen LogP contribution is -2.62. The number of guanidine groups is 2. The molecule has 0 unspecified atom stereocenters. The number of hydrogen-bond donors (Lipinski definition) is 24. The Hall–Kier alpha value is -11.6. The van der Waals surface area contributed by atoms with Crippen molar-refractivity contribution in [3.8, 4) is 17.2 Å². The Bertz CT molecular complexity index is 3730. The summed E-state index contributed by atoms with van der Waals surface area (Å²) in [6.45, 7) is -2.24. The van der Waals surface area contributed by atoms with Crippen LogP contribution in [0.1, 0.15) is 80.0 Å². The lowest BCUT2D eigenvalue weighted by molar-refractivity contribution is -0.139. The maximum atomic E-state index is 15.1. The smallest absolute Gasteiger partial charge is 0.303 e. The molecule has 550 valence electrons. The summed E-state index contributed by atoms with van der Waals surface area (Å²) < 4.78 is 0. The molecule has 1 aliphatic rings. The van der Waals surface area contributed by atoms with Crippen molar-refractivity contribution >= 4 is 87.9 Å². The van der Waals surface area contributed by atoms with Gasteiger partial charge in [-0.1, -0.05) is 54.6 Å². The summed E-state index contributed by atoms with van der Waals surface area (Å²) in [7, 11) is 0. The van der Waals surface area contributed by atoms with E-state index >= 15 is 9.59 Å². The van der Waals surface area contributed by atoms with Gasteiger partial charge in [-0.15, -0.1) is 0 Å². The number of aromatic amines is 1. The standard InChI is InChI=1S/C67H90N18O17/c68-26-4-3-9-45-57(94)80-49(29-36-12-18-40(88)19-13-36)61(98)79-48(24-25-55(91)92)59(96)85-54(35-87)65(102)83-52(32-39-33-75-44-8-2-1-7-43(39)44)63(100)82-51(31-38-16-22-42(90)23-17-38)62(99)81-50(30-37-14-20-41(89)21-15-37)60(97)77-47(11-6-28-74-67(71)72)58(95)84-53(34-86)64(101)78-46(56(93)76-45)10-5-27-73-66(69)70/h1-2,7-8,12-23,33,45-54,75,86-90H,3-6,9-11,24-32,34-35,68H2,(H,76,93)(H,77,97)(H,78,101)(H,79,98)(H,80,94)(H,81,99)(H,82,100)(H,83,102)(H,84,95)(H,85,96)(H,91,92)(H4,69,70,73)(H4,71,72,74)/t45-,46-,47-,48-,49-,50-,51-,52-,53-,54-/m0/s1. The molecule has 35 heteroatoms.